The molecular formula is C17H13N7S. The topological polar surface area (TPSA) is 94.9 Å². The molecule has 0 fully saturated rings. The first-order valence-electron chi connectivity index (χ1n) is 7.76. The number of thiazole rings is 1. The van der Waals surface area contributed by atoms with E-state index in [0.29, 0.717) is 22.8 Å². The molecule has 0 saturated heterocycles. The highest BCUT2D eigenvalue weighted by Crippen LogP contribution is 2.32. The molecule has 0 bridgehead atoms. The van der Waals surface area contributed by atoms with Crippen LogP contribution in [0.3, 0.4) is 0 Å². The molecule has 0 aliphatic rings. The summed E-state index contributed by atoms with van der Waals surface area (Å²) in [4.78, 5) is 9.10. The lowest BCUT2D eigenvalue weighted by molar-refractivity contribution is 0.911. The number of nitrogen functional groups attached to an aromatic ring is 1. The first-order chi connectivity index (χ1) is 12.1. The molecule has 2 N–H and O–H groups in total. The predicted octanol–water partition coefficient (Wildman–Crippen LogP) is 3.15. The van der Waals surface area contributed by atoms with Crippen LogP contribution in [0.5, 0.6) is 0 Å². The molecule has 0 atom stereocenters. The molecule has 1 aromatic carbocycles. The zero-order valence-corrected chi connectivity index (χ0v) is 14.4. The molecule has 5 rings (SSSR count). The van der Waals surface area contributed by atoms with Gasteiger partial charge in [0.25, 0.3) is 0 Å². The first kappa shape index (κ1) is 14.2. The molecule has 0 unspecified atom stereocenters. The summed E-state index contributed by atoms with van der Waals surface area (Å²) in [6.45, 7) is 3.95. The average molecular weight is 347 g/mol. The van der Waals surface area contributed by atoms with E-state index in [0.717, 1.165) is 31.9 Å². The summed E-state index contributed by atoms with van der Waals surface area (Å²) in [7, 11) is 0. The number of anilines is 1. The molecule has 0 radical (unpaired) electrons. The van der Waals surface area contributed by atoms with Crippen LogP contribution in [0.2, 0.25) is 0 Å². The fourth-order valence-corrected chi connectivity index (χ4v) is 4.01. The summed E-state index contributed by atoms with van der Waals surface area (Å²) in [6, 6.07) is 9.94. The Bertz CT molecular complexity index is 1250. The fourth-order valence-electron chi connectivity index (χ4n) is 3.05. The normalized spacial score (nSPS) is 11.8. The molecule has 4 heterocycles. The summed E-state index contributed by atoms with van der Waals surface area (Å²) >= 11 is 1.54. The predicted molar refractivity (Wildman–Crippen MR) is 98.6 cm³/mol. The molecule has 7 nitrogen and oxygen atoms in total. The Hall–Kier alpha value is -3.13. The van der Waals surface area contributed by atoms with Crippen LogP contribution in [0.4, 0.5) is 5.82 Å². The lowest BCUT2D eigenvalue weighted by atomic mass is 10.2. The van der Waals surface area contributed by atoms with E-state index >= 15 is 0 Å². The summed E-state index contributed by atoms with van der Waals surface area (Å²) in [5.41, 5.74) is 11.0. The summed E-state index contributed by atoms with van der Waals surface area (Å²) in [5, 5.41) is 14.8. The van der Waals surface area contributed by atoms with Gasteiger partial charge < -0.3 is 5.73 Å². The largest absolute Gasteiger partial charge is 0.382 e. The second-order valence-electron chi connectivity index (χ2n) is 5.94. The lowest BCUT2D eigenvalue weighted by Gasteiger charge is -2.02. The van der Waals surface area contributed by atoms with Crippen LogP contribution < -0.4 is 5.73 Å². The van der Waals surface area contributed by atoms with Crippen molar-refractivity contribution < 1.29 is 0 Å². The van der Waals surface area contributed by atoms with Gasteiger partial charge in [-0.3, -0.25) is 0 Å². The number of nitrogens with two attached hydrogens (primary N) is 1. The van der Waals surface area contributed by atoms with Crippen molar-refractivity contribution in [2.45, 2.75) is 13.8 Å². The Morgan fingerprint density at radius 2 is 1.92 bits per heavy atom. The third-order valence-electron chi connectivity index (χ3n) is 4.16. The first-order valence-corrected chi connectivity index (χ1v) is 8.58. The molecule has 8 heteroatoms. The Morgan fingerprint density at radius 1 is 1.08 bits per heavy atom. The molecule has 122 valence electrons. The van der Waals surface area contributed by atoms with Gasteiger partial charge in [0.1, 0.15) is 5.01 Å². The number of aryl methyl sites for hydroxylation is 2. The van der Waals surface area contributed by atoms with Crippen molar-refractivity contribution in [3.8, 4) is 10.7 Å². The van der Waals surface area contributed by atoms with Crippen LogP contribution in [0.25, 0.3) is 37.6 Å². The average Bonchev–Trinajstić information content (AvgIpc) is 3.16. The number of hydrogen-bond acceptors (Lipinski definition) is 7. The molecule has 4 aromatic heterocycles. The number of para-hydroxylation sites is 1. The Kier molecular flexibility index (Phi) is 2.81. The number of fused-ring (bicyclic) bond motifs is 4. The van der Waals surface area contributed by atoms with Gasteiger partial charge in [-0.2, -0.15) is 4.52 Å². The second kappa shape index (κ2) is 4.93. The van der Waals surface area contributed by atoms with Gasteiger partial charge in [-0.05, 0) is 37.6 Å². The maximum absolute atomic E-state index is 6.36. The number of aromatic nitrogens is 6. The van der Waals surface area contributed by atoms with E-state index in [-0.39, 0.29) is 0 Å². The van der Waals surface area contributed by atoms with E-state index in [4.69, 9.17) is 5.73 Å². The van der Waals surface area contributed by atoms with E-state index < -0.39 is 0 Å². The SMILES string of the molecule is Cc1cc(C)c2c(n1)nn1c(N)c(-c3nc4ccccc4s3)nnc21. The van der Waals surface area contributed by atoms with E-state index in [2.05, 4.69) is 25.3 Å². The van der Waals surface area contributed by atoms with Gasteiger partial charge in [-0.15, -0.1) is 26.6 Å². The third-order valence-corrected chi connectivity index (χ3v) is 5.20. The highest BCUT2D eigenvalue weighted by Gasteiger charge is 2.19. The van der Waals surface area contributed by atoms with Crippen molar-refractivity contribution in [1.82, 2.24) is 29.8 Å². The van der Waals surface area contributed by atoms with Crippen molar-refractivity contribution in [3.05, 3.63) is 41.6 Å². The summed E-state index contributed by atoms with van der Waals surface area (Å²) in [5.74, 6) is 0.416. The molecule has 0 amide bonds. The van der Waals surface area contributed by atoms with Crippen molar-refractivity contribution in [2.75, 3.05) is 5.73 Å². The van der Waals surface area contributed by atoms with Crippen molar-refractivity contribution in [2.24, 2.45) is 0 Å². The van der Waals surface area contributed by atoms with Gasteiger partial charge in [0.15, 0.2) is 22.8 Å². The Balaban J connectivity index is 1.81. The van der Waals surface area contributed by atoms with E-state index in [9.17, 15) is 0 Å². The van der Waals surface area contributed by atoms with Crippen molar-refractivity contribution in [3.63, 3.8) is 0 Å². The maximum Gasteiger partial charge on any atom is 0.189 e. The van der Waals surface area contributed by atoms with Gasteiger partial charge in [0, 0.05) is 5.69 Å². The molecule has 0 aliphatic heterocycles. The number of nitrogens with zero attached hydrogens (tertiary/aromatic N) is 6. The number of benzene rings is 1. The highest BCUT2D eigenvalue weighted by atomic mass is 32.1. The minimum atomic E-state index is 0.416. The Morgan fingerprint density at radius 3 is 2.76 bits per heavy atom. The van der Waals surface area contributed by atoms with Crippen LogP contribution >= 0.6 is 11.3 Å². The molecule has 5 aromatic rings. The monoisotopic (exact) mass is 347 g/mol. The standard InChI is InChI=1S/C17H13N7S/c1-8-7-9(2)19-15-12(8)16-22-21-13(14(18)24(16)23-15)17-20-10-5-3-4-6-11(10)25-17/h3-7H,18H2,1-2H3. The van der Waals surface area contributed by atoms with Gasteiger partial charge in [0.05, 0.1) is 15.6 Å². The minimum Gasteiger partial charge on any atom is -0.382 e. The zero-order valence-electron chi connectivity index (χ0n) is 13.6. The fraction of sp³-hybridized carbons (Fsp3) is 0.118. The van der Waals surface area contributed by atoms with Gasteiger partial charge in [-0.25, -0.2) is 9.97 Å². The van der Waals surface area contributed by atoms with E-state index in [1.54, 1.807) is 4.52 Å². The Labute approximate surface area is 146 Å². The van der Waals surface area contributed by atoms with Crippen molar-refractivity contribution in [1.29, 1.82) is 0 Å². The highest BCUT2D eigenvalue weighted by molar-refractivity contribution is 7.21. The van der Waals surface area contributed by atoms with Gasteiger partial charge >= 0.3 is 0 Å². The second-order valence-corrected chi connectivity index (χ2v) is 6.97. The van der Waals surface area contributed by atoms with E-state index in [1.165, 1.54) is 11.3 Å². The van der Waals surface area contributed by atoms with E-state index in [1.807, 2.05) is 44.2 Å². The molecule has 25 heavy (non-hydrogen) atoms. The van der Waals surface area contributed by atoms with Crippen LogP contribution in [0.15, 0.2) is 30.3 Å². The van der Waals surface area contributed by atoms with Crippen LogP contribution in [0.1, 0.15) is 11.3 Å². The van der Waals surface area contributed by atoms with Crippen LogP contribution in [-0.2, 0) is 0 Å². The third kappa shape index (κ3) is 2.01. The lowest BCUT2D eigenvalue weighted by Crippen LogP contribution is -2.05. The number of hydrogen-bond donors (Lipinski definition) is 1. The van der Waals surface area contributed by atoms with Crippen LogP contribution in [0, 0.1) is 13.8 Å². The molecule has 0 spiro atoms. The van der Waals surface area contributed by atoms with Crippen molar-refractivity contribution >= 4 is 44.1 Å². The quantitative estimate of drug-likeness (QED) is 0.500. The molecule has 0 saturated carbocycles. The summed E-state index contributed by atoms with van der Waals surface area (Å²) in [6.07, 6.45) is 0. The van der Waals surface area contributed by atoms with Crippen LogP contribution in [-0.4, -0.2) is 29.8 Å². The smallest absolute Gasteiger partial charge is 0.189 e. The summed E-state index contributed by atoms with van der Waals surface area (Å²) < 4.78 is 2.69. The maximum atomic E-state index is 6.36. The minimum absolute atomic E-state index is 0.416. The molecule has 0 aliphatic carbocycles. The molecular weight excluding hydrogens is 334 g/mol. The van der Waals surface area contributed by atoms with Gasteiger partial charge in [-0.1, -0.05) is 12.1 Å². The zero-order chi connectivity index (χ0) is 17.1. The van der Waals surface area contributed by atoms with Gasteiger partial charge in [0.2, 0.25) is 0 Å². The number of pyridine rings is 1. The number of rotatable bonds is 1.